The predicted molar refractivity (Wildman–Crippen MR) is 93.7 cm³/mol. The quantitative estimate of drug-likeness (QED) is 0.823. The summed E-state index contributed by atoms with van der Waals surface area (Å²) >= 11 is 0. The highest BCUT2D eigenvalue weighted by atomic mass is 16.3. The number of nitrogens with zero attached hydrogens (tertiary/aromatic N) is 4. The molecule has 134 valence electrons. The van der Waals surface area contributed by atoms with Gasteiger partial charge in [-0.3, -0.25) is 9.69 Å². The van der Waals surface area contributed by atoms with Crippen molar-refractivity contribution in [2.75, 3.05) is 13.1 Å². The van der Waals surface area contributed by atoms with Crippen LogP contribution in [0.4, 0.5) is 0 Å². The highest BCUT2D eigenvalue weighted by molar-refractivity contribution is 5.94. The number of carbonyl (C=O) groups is 1. The topological polar surface area (TPSA) is 83.3 Å². The molecule has 7 heteroatoms. The van der Waals surface area contributed by atoms with E-state index < -0.39 is 0 Å². The van der Waals surface area contributed by atoms with Crippen LogP contribution in [0.15, 0.2) is 24.3 Å². The zero-order valence-corrected chi connectivity index (χ0v) is 14.8. The van der Waals surface area contributed by atoms with Crippen molar-refractivity contribution in [2.45, 2.75) is 40.1 Å². The Bertz CT molecular complexity index is 727. The van der Waals surface area contributed by atoms with E-state index in [2.05, 4.69) is 34.4 Å². The fourth-order valence-corrected chi connectivity index (χ4v) is 2.97. The largest absolute Gasteiger partial charge is 0.390 e. The summed E-state index contributed by atoms with van der Waals surface area (Å²) in [4.78, 5) is 14.5. The molecule has 25 heavy (non-hydrogen) atoms. The summed E-state index contributed by atoms with van der Waals surface area (Å²) in [7, 11) is 0. The van der Waals surface area contributed by atoms with E-state index in [4.69, 9.17) is 0 Å². The molecule has 0 unspecified atom stereocenters. The smallest absolute Gasteiger partial charge is 0.251 e. The lowest BCUT2D eigenvalue weighted by Crippen LogP contribution is -2.34. The van der Waals surface area contributed by atoms with Crippen LogP contribution < -0.4 is 5.32 Å². The summed E-state index contributed by atoms with van der Waals surface area (Å²) in [6.45, 7) is 7.82. The lowest BCUT2D eigenvalue weighted by Gasteiger charge is -2.27. The van der Waals surface area contributed by atoms with Gasteiger partial charge in [0.15, 0.2) is 0 Å². The lowest BCUT2D eigenvalue weighted by atomic mass is 10.1. The Hall–Kier alpha value is -2.25. The Morgan fingerprint density at radius 2 is 2.20 bits per heavy atom. The van der Waals surface area contributed by atoms with Gasteiger partial charge in [-0.05, 0) is 23.6 Å². The van der Waals surface area contributed by atoms with Gasteiger partial charge in [0, 0.05) is 31.7 Å². The molecule has 0 fully saturated rings. The molecular formula is C18H25N5O2. The van der Waals surface area contributed by atoms with Crippen molar-refractivity contribution in [3.05, 3.63) is 46.8 Å². The summed E-state index contributed by atoms with van der Waals surface area (Å²) in [5.74, 6) is 0.402. The maximum Gasteiger partial charge on any atom is 0.251 e. The fourth-order valence-electron chi connectivity index (χ4n) is 2.97. The van der Waals surface area contributed by atoms with Crippen LogP contribution in [-0.4, -0.2) is 44.0 Å². The molecule has 3 rings (SSSR count). The zero-order valence-electron chi connectivity index (χ0n) is 14.8. The Morgan fingerprint density at radius 3 is 2.96 bits per heavy atom. The van der Waals surface area contributed by atoms with Gasteiger partial charge in [-0.1, -0.05) is 31.2 Å². The lowest BCUT2D eigenvalue weighted by molar-refractivity contribution is 0.0948. The number of amides is 1. The molecule has 0 spiro atoms. The first kappa shape index (κ1) is 17.6. The van der Waals surface area contributed by atoms with E-state index in [9.17, 15) is 9.90 Å². The van der Waals surface area contributed by atoms with E-state index in [1.54, 1.807) is 0 Å². The van der Waals surface area contributed by atoms with E-state index in [0.717, 1.165) is 30.9 Å². The molecule has 0 atom stereocenters. The number of benzene rings is 1. The third-order valence-corrected chi connectivity index (χ3v) is 4.34. The van der Waals surface area contributed by atoms with Gasteiger partial charge < -0.3 is 10.4 Å². The SMILES string of the molecule is CC(C)CNC(=O)c1cccc(CN2CCn3nnc(CO)c3C2)c1. The van der Waals surface area contributed by atoms with Gasteiger partial charge in [-0.2, -0.15) is 0 Å². The molecule has 1 aromatic carbocycles. The van der Waals surface area contributed by atoms with Crippen molar-refractivity contribution in [2.24, 2.45) is 5.92 Å². The van der Waals surface area contributed by atoms with E-state index >= 15 is 0 Å². The monoisotopic (exact) mass is 343 g/mol. The van der Waals surface area contributed by atoms with Crippen LogP contribution >= 0.6 is 0 Å². The van der Waals surface area contributed by atoms with Gasteiger partial charge in [0.25, 0.3) is 5.91 Å². The van der Waals surface area contributed by atoms with Crippen molar-refractivity contribution in [3.63, 3.8) is 0 Å². The second-order valence-electron chi connectivity index (χ2n) is 6.88. The maximum absolute atomic E-state index is 12.2. The Balaban J connectivity index is 1.65. The van der Waals surface area contributed by atoms with Crippen LogP contribution in [0.3, 0.4) is 0 Å². The average Bonchev–Trinajstić information content (AvgIpc) is 3.02. The molecule has 1 aliphatic rings. The highest BCUT2D eigenvalue weighted by Crippen LogP contribution is 2.17. The Labute approximate surface area is 147 Å². The summed E-state index contributed by atoms with van der Waals surface area (Å²) in [5.41, 5.74) is 3.41. The van der Waals surface area contributed by atoms with Crippen molar-refractivity contribution < 1.29 is 9.90 Å². The number of nitrogens with one attached hydrogen (secondary N) is 1. The van der Waals surface area contributed by atoms with Crippen molar-refractivity contribution in [3.8, 4) is 0 Å². The minimum atomic E-state index is -0.0886. The molecule has 0 radical (unpaired) electrons. The minimum Gasteiger partial charge on any atom is -0.390 e. The van der Waals surface area contributed by atoms with Gasteiger partial charge in [0.05, 0.1) is 18.8 Å². The highest BCUT2D eigenvalue weighted by Gasteiger charge is 2.21. The molecule has 0 bridgehead atoms. The van der Waals surface area contributed by atoms with Gasteiger partial charge in [0.2, 0.25) is 0 Å². The molecule has 0 saturated carbocycles. The van der Waals surface area contributed by atoms with Crippen molar-refractivity contribution in [1.29, 1.82) is 0 Å². The molecule has 1 amide bonds. The molecule has 0 saturated heterocycles. The van der Waals surface area contributed by atoms with E-state index in [0.29, 0.717) is 30.3 Å². The molecule has 7 nitrogen and oxygen atoms in total. The molecule has 2 heterocycles. The standard InChI is InChI=1S/C18H25N5O2/c1-13(2)9-19-18(25)15-5-3-4-14(8-15)10-22-6-7-23-17(11-22)16(12-24)20-21-23/h3-5,8,13,24H,6-7,9-12H2,1-2H3,(H,19,25). The second-order valence-corrected chi connectivity index (χ2v) is 6.88. The Morgan fingerprint density at radius 1 is 1.36 bits per heavy atom. The van der Waals surface area contributed by atoms with Crippen LogP contribution in [0.25, 0.3) is 0 Å². The molecule has 1 aliphatic heterocycles. The van der Waals surface area contributed by atoms with E-state index in [-0.39, 0.29) is 12.5 Å². The number of aromatic nitrogens is 3. The van der Waals surface area contributed by atoms with E-state index in [1.807, 2.05) is 28.9 Å². The minimum absolute atomic E-state index is 0.0287. The zero-order chi connectivity index (χ0) is 17.8. The summed E-state index contributed by atoms with van der Waals surface area (Å²) in [6, 6.07) is 7.76. The van der Waals surface area contributed by atoms with Crippen LogP contribution in [0.5, 0.6) is 0 Å². The van der Waals surface area contributed by atoms with Crippen molar-refractivity contribution >= 4 is 5.91 Å². The molecule has 2 N–H and O–H groups in total. The third-order valence-electron chi connectivity index (χ3n) is 4.34. The van der Waals surface area contributed by atoms with E-state index in [1.165, 1.54) is 0 Å². The van der Waals surface area contributed by atoms with Gasteiger partial charge in [-0.15, -0.1) is 5.10 Å². The average molecular weight is 343 g/mol. The molecule has 1 aromatic heterocycles. The van der Waals surface area contributed by atoms with Crippen LogP contribution in [0.1, 0.15) is 41.2 Å². The predicted octanol–water partition coefficient (Wildman–Crippen LogP) is 1.17. The van der Waals surface area contributed by atoms with Gasteiger partial charge >= 0.3 is 0 Å². The number of aliphatic hydroxyl groups is 1. The summed E-state index contributed by atoms with van der Waals surface area (Å²) in [5, 5.41) is 20.4. The first-order valence-corrected chi connectivity index (χ1v) is 8.68. The first-order chi connectivity index (χ1) is 12.1. The van der Waals surface area contributed by atoms with Gasteiger partial charge in [0.1, 0.15) is 5.69 Å². The van der Waals surface area contributed by atoms with Gasteiger partial charge in [-0.25, -0.2) is 4.68 Å². The number of hydrogen-bond donors (Lipinski definition) is 2. The normalized spacial score (nSPS) is 14.6. The van der Waals surface area contributed by atoms with Crippen LogP contribution in [0.2, 0.25) is 0 Å². The number of aliphatic hydroxyl groups excluding tert-OH is 1. The fraction of sp³-hybridized carbons (Fsp3) is 0.500. The molecule has 0 aliphatic carbocycles. The first-order valence-electron chi connectivity index (χ1n) is 8.68. The Kier molecular flexibility index (Phi) is 5.45. The summed E-state index contributed by atoms with van der Waals surface area (Å²) in [6.07, 6.45) is 0. The van der Waals surface area contributed by atoms with Crippen LogP contribution in [0, 0.1) is 5.92 Å². The molecule has 2 aromatic rings. The molecular weight excluding hydrogens is 318 g/mol. The number of fused-ring (bicyclic) bond motifs is 1. The number of carbonyl (C=O) groups excluding carboxylic acids is 1. The summed E-state index contributed by atoms with van der Waals surface area (Å²) < 4.78 is 1.86. The second kappa shape index (κ2) is 7.76. The maximum atomic E-state index is 12.2. The van der Waals surface area contributed by atoms with Crippen molar-refractivity contribution in [1.82, 2.24) is 25.2 Å². The number of rotatable bonds is 6. The number of hydrogen-bond acceptors (Lipinski definition) is 5. The third kappa shape index (κ3) is 4.24. The van der Waals surface area contributed by atoms with Crippen LogP contribution in [-0.2, 0) is 26.2 Å².